The van der Waals surface area contributed by atoms with Gasteiger partial charge in [0.2, 0.25) is 0 Å². The van der Waals surface area contributed by atoms with E-state index in [1.807, 2.05) is 0 Å². The fraction of sp³-hybridized carbons (Fsp3) is 0.300. The van der Waals surface area contributed by atoms with Gasteiger partial charge < -0.3 is 5.11 Å². The molecule has 0 spiro atoms. The molecule has 0 aliphatic heterocycles. The zero-order valence-electron chi connectivity index (χ0n) is 7.81. The van der Waals surface area contributed by atoms with Crippen LogP contribution in [0.15, 0.2) is 12.1 Å². The largest absolute Gasteiger partial charge is 0.386 e. The summed E-state index contributed by atoms with van der Waals surface area (Å²) in [6.45, 7) is 2.86. The van der Waals surface area contributed by atoms with Crippen LogP contribution in [0.3, 0.4) is 0 Å². The van der Waals surface area contributed by atoms with Crippen LogP contribution >= 0.6 is 0 Å². The molecular weight excluding hydrogens is 188 g/mol. The number of halogens is 2. The fourth-order valence-electron chi connectivity index (χ4n) is 1.02. The second-order valence-corrected chi connectivity index (χ2v) is 3.49. The minimum Gasteiger partial charge on any atom is -0.386 e. The lowest BCUT2D eigenvalue weighted by Crippen LogP contribution is -2.16. The molecule has 0 aliphatic carbocycles. The van der Waals surface area contributed by atoms with Crippen molar-refractivity contribution in [2.45, 2.75) is 19.4 Å². The first kappa shape index (κ1) is 10.6. The third kappa shape index (κ3) is 1.88. The molecule has 2 nitrogen and oxygen atoms in total. The number of hydrogen-bond donors (Lipinski definition) is 1. The molecule has 0 fully saturated rings. The lowest BCUT2D eigenvalue weighted by molar-refractivity contribution is 0.0781. The Hall–Kier alpha value is -1.47. The Morgan fingerprint density at radius 1 is 1.36 bits per heavy atom. The summed E-state index contributed by atoms with van der Waals surface area (Å²) >= 11 is 0. The molecule has 0 unspecified atom stereocenters. The fourth-order valence-corrected chi connectivity index (χ4v) is 1.02. The first-order valence-electron chi connectivity index (χ1n) is 3.98. The molecule has 0 aliphatic rings. The van der Waals surface area contributed by atoms with E-state index in [1.54, 1.807) is 0 Å². The van der Waals surface area contributed by atoms with E-state index in [0.29, 0.717) is 0 Å². The van der Waals surface area contributed by atoms with E-state index in [4.69, 9.17) is 5.26 Å². The maximum absolute atomic E-state index is 12.9. The number of aliphatic hydroxyl groups is 1. The quantitative estimate of drug-likeness (QED) is 0.748. The average molecular weight is 197 g/mol. The van der Waals surface area contributed by atoms with Crippen LogP contribution in [0.4, 0.5) is 8.78 Å². The van der Waals surface area contributed by atoms with E-state index in [1.165, 1.54) is 19.9 Å². The number of hydrogen-bond acceptors (Lipinski definition) is 2. The van der Waals surface area contributed by atoms with Crippen LogP contribution in [-0.2, 0) is 5.60 Å². The first-order valence-corrected chi connectivity index (χ1v) is 3.98. The molecule has 0 atom stereocenters. The van der Waals surface area contributed by atoms with Gasteiger partial charge in [-0.2, -0.15) is 5.26 Å². The van der Waals surface area contributed by atoms with Gasteiger partial charge in [-0.05, 0) is 31.5 Å². The summed E-state index contributed by atoms with van der Waals surface area (Å²) in [7, 11) is 0. The number of rotatable bonds is 1. The van der Waals surface area contributed by atoms with Gasteiger partial charge >= 0.3 is 0 Å². The van der Waals surface area contributed by atoms with Gasteiger partial charge in [0.15, 0.2) is 11.6 Å². The molecular formula is C10H9F2NO. The molecule has 0 aromatic heterocycles. The smallest absolute Gasteiger partial charge is 0.176 e. The SMILES string of the molecule is CC(C)(O)c1cc(F)c(F)c(C#N)c1. The second kappa shape index (κ2) is 3.35. The topological polar surface area (TPSA) is 44.0 Å². The van der Waals surface area contributed by atoms with Gasteiger partial charge in [0, 0.05) is 0 Å². The van der Waals surface area contributed by atoms with Crippen LogP contribution in [0, 0.1) is 23.0 Å². The molecule has 74 valence electrons. The molecule has 0 saturated heterocycles. The van der Waals surface area contributed by atoms with Gasteiger partial charge in [-0.1, -0.05) is 0 Å². The Balaban J connectivity index is 3.40. The van der Waals surface area contributed by atoms with Crippen molar-refractivity contribution in [2.24, 2.45) is 0 Å². The highest BCUT2D eigenvalue weighted by atomic mass is 19.2. The average Bonchev–Trinajstić information content (AvgIpc) is 2.07. The summed E-state index contributed by atoms with van der Waals surface area (Å²) in [6.07, 6.45) is 0. The second-order valence-electron chi connectivity index (χ2n) is 3.49. The number of nitrogens with zero attached hydrogens (tertiary/aromatic N) is 1. The normalized spacial score (nSPS) is 11.1. The number of benzene rings is 1. The van der Waals surface area contributed by atoms with E-state index >= 15 is 0 Å². The van der Waals surface area contributed by atoms with Crippen molar-refractivity contribution in [3.05, 3.63) is 34.9 Å². The van der Waals surface area contributed by atoms with E-state index in [-0.39, 0.29) is 5.56 Å². The van der Waals surface area contributed by atoms with Crippen molar-refractivity contribution < 1.29 is 13.9 Å². The van der Waals surface area contributed by atoms with Gasteiger partial charge in [-0.15, -0.1) is 0 Å². The van der Waals surface area contributed by atoms with Crippen LogP contribution in [-0.4, -0.2) is 5.11 Å². The highest BCUT2D eigenvalue weighted by molar-refractivity contribution is 5.37. The maximum Gasteiger partial charge on any atom is 0.176 e. The minimum absolute atomic E-state index is 0.174. The Bertz CT molecular complexity index is 402. The van der Waals surface area contributed by atoms with E-state index in [2.05, 4.69) is 0 Å². The molecule has 14 heavy (non-hydrogen) atoms. The van der Waals surface area contributed by atoms with E-state index < -0.39 is 22.8 Å². The lowest BCUT2D eigenvalue weighted by Gasteiger charge is -2.18. The van der Waals surface area contributed by atoms with Gasteiger partial charge in [0.1, 0.15) is 6.07 Å². The lowest BCUT2D eigenvalue weighted by atomic mass is 9.96. The van der Waals surface area contributed by atoms with Gasteiger partial charge in [0.25, 0.3) is 0 Å². The summed E-state index contributed by atoms with van der Waals surface area (Å²) in [6, 6.07) is 3.54. The van der Waals surface area contributed by atoms with Crippen molar-refractivity contribution in [1.82, 2.24) is 0 Å². The summed E-state index contributed by atoms with van der Waals surface area (Å²) in [5.74, 6) is -2.30. The molecule has 1 aromatic carbocycles. The van der Waals surface area contributed by atoms with Crippen molar-refractivity contribution in [3.63, 3.8) is 0 Å². The Labute approximate surface area is 80.4 Å². The van der Waals surface area contributed by atoms with Crippen molar-refractivity contribution in [2.75, 3.05) is 0 Å². The molecule has 0 bridgehead atoms. The van der Waals surface area contributed by atoms with Crippen LogP contribution in [0.2, 0.25) is 0 Å². The van der Waals surface area contributed by atoms with Gasteiger partial charge in [-0.25, -0.2) is 8.78 Å². The van der Waals surface area contributed by atoms with E-state index in [0.717, 1.165) is 12.1 Å². The number of nitriles is 1. The Morgan fingerprint density at radius 3 is 2.36 bits per heavy atom. The molecule has 4 heteroatoms. The van der Waals surface area contributed by atoms with Crippen LogP contribution in [0.5, 0.6) is 0 Å². The zero-order valence-corrected chi connectivity index (χ0v) is 7.81. The first-order chi connectivity index (χ1) is 6.36. The summed E-state index contributed by atoms with van der Waals surface area (Å²) in [5, 5.41) is 18.0. The molecule has 1 rings (SSSR count). The summed E-state index contributed by atoms with van der Waals surface area (Å²) in [4.78, 5) is 0. The maximum atomic E-state index is 12.9. The van der Waals surface area contributed by atoms with Gasteiger partial charge in [0.05, 0.1) is 11.2 Å². The molecule has 0 radical (unpaired) electrons. The van der Waals surface area contributed by atoms with Crippen LogP contribution in [0.1, 0.15) is 25.0 Å². The highest BCUT2D eigenvalue weighted by Gasteiger charge is 2.20. The molecule has 1 aromatic rings. The molecule has 0 saturated carbocycles. The third-order valence-corrected chi connectivity index (χ3v) is 1.86. The zero-order chi connectivity index (χ0) is 10.9. The van der Waals surface area contributed by atoms with Crippen LogP contribution in [0.25, 0.3) is 0 Å². The highest BCUT2D eigenvalue weighted by Crippen LogP contribution is 2.23. The molecule has 1 N–H and O–H groups in total. The molecule has 0 heterocycles. The Morgan fingerprint density at radius 2 is 1.93 bits per heavy atom. The summed E-state index contributed by atoms with van der Waals surface area (Å²) in [5.41, 5.74) is -1.52. The van der Waals surface area contributed by atoms with Gasteiger partial charge in [-0.3, -0.25) is 0 Å². The van der Waals surface area contributed by atoms with Crippen molar-refractivity contribution in [1.29, 1.82) is 5.26 Å². The molecule has 0 amide bonds. The predicted octanol–water partition coefficient (Wildman–Crippen LogP) is 2.06. The predicted molar refractivity (Wildman–Crippen MR) is 46.3 cm³/mol. The summed E-state index contributed by atoms with van der Waals surface area (Å²) < 4.78 is 25.8. The van der Waals surface area contributed by atoms with Crippen LogP contribution < -0.4 is 0 Å². The monoisotopic (exact) mass is 197 g/mol. The third-order valence-electron chi connectivity index (χ3n) is 1.86. The Kier molecular flexibility index (Phi) is 2.54. The van der Waals surface area contributed by atoms with E-state index in [9.17, 15) is 13.9 Å². The van der Waals surface area contributed by atoms with Crippen molar-refractivity contribution in [3.8, 4) is 6.07 Å². The minimum atomic E-state index is -1.29. The standard InChI is InChI=1S/C10H9F2NO/c1-10(2,14)7-3-6(5-13)9(12)8(11)4-7/h3-4,14H,1-2H3. The van der Waals surface area contributed by atoms with Crippen molar-refractivity contribution >= 4 is 0 Å².